The molecule has 0 saturated heterocycles. The highest BCUT2D eigenvalue weighted by atomic mass is 32.2. The van der Waals surface area contributed by atoms with Crippen molar-refractivity contribution in [3.63, 3.8) is 0 Å². The van der Waals surface area contributed by atoms with Gasteiger partial charge in [-0.05, 0) is 149 Å². The zero-order valence-electron chi connectivity index (χ0n) is 48.3. The molecule has 3 fully saturated rings. The molecule has 0 radical (unpaired) electrons. The van der Waals surface area contributed by atoms with Crippen LogP contribution in [0.5, 0.6) is 11.5 Å². The maximum absolute atomic E-state index is 14.7. The van der Waals surface area contributed by atoms with E-state index in [1.54, 1.807) is 70.6 Å². The molecule has 22 heteroatoms. The van der Waals surface area contributed by atoms with E-state index in [4.69, 9.17) is 44.4 Å². The fraction of sp³-hybridized carbons (Fsp3) is 0.600. The van der Waals surface area contributed by atoms with Crippen molar-refractivity contribution < 1.29 is 52.3 Å². The maximum atomic E-state index is 14.7. The lowest BCUT2D eigenvalue weighted by Crippen LogP contribution is -2.36. The Morgan fingerprint density at radius 1 is 0.573 bits per heavy atom. The summed E-state index contributed by atoms with van der Waals surface area (Å²) in [6, 6.07) is 14.0. The number of aliphatic imine (C=N–C) groups is 3. The quantitative estimate of drug-likeness (QED) is 0.0549. The number of nitrogen functional groups attached to an aromatic ring is 1. The lowest BCUT2D eigenvalue weighted by atomic mass is 9.80. The number of halogens is 1. The van der Waals surface area contributed by atoms with Crippen molar-refractivity contribution in [2.45, 2.75) is 180 Å². The third kappa shape index (κ3) is 15.7. The Balaban J connectivity index is 0.000000197. The average molecular weight is 1190 g/mol. The molecule has 3 aliphatic heterocycles. The summed E-state index contributed by atoms with van der Waals surface area (Å²) in [4.78, 5) is 73.2. The summed E-state index contributed by atoms with van der Waals surface area (Å²) in [5.41, 5.74) is 5.34. The number of nitro benzene ring substituents is 2. The van der Waals surface area contributed by atoms with Crippen molar-refractivity contribution >= 4 is 85.4 Å². The van der Waals surface area contributed by atoms with Crippen LogP contribution in [-0.2, 0) is 45.2 Å². The Labute approximate surface area is 494 Å². The summed E-state index contributed by atoms with van der Waals surface area (Å²) >= 11 is 4.76. The molecule has 3 aromatic carbocycles. The number of fused-ring (bicyclic) bond motifs is 3. The smallest absolute Gasteiger partial charge is 0.312 e. The summed E-state index contributed by atoms with van der Waals surface area (Å²) in [5, 5.41) is 24.7. The van der Waals surface area contributed by atoms with Gasteiger partial charge < -0.3 is 29.4 Å². The number of carbonyl (C=O) groups excluding carboxylic acids is 3. The Morgan fingerprint density at radius 2 is 0.902 bits per heavy atom. The molecule has 0 unspecified atom stereocenters. The minimum Gasteiger partial charge on any atom is -0.496 e. The van der Waals surface area contributed by atoms with Gasteiger partial charge in [0.2, 0.25) is 0 Å². The lowest BCUT2D eigenvalue weighted by Gasteiger charge is -2.37. The number of nitrogens with zero attached hydrogens (tertiary/aromatic N) is 5. The molecule has 3 heterocycles. The number of esters is 3. The largest absolute Gasteiger partial charge is 0.496 e. The molecule has 3 saturated carbocycles. The van der Waals surface area contributed by atoms with Gasteiger partial charge in [0.05, 0.1) is 75.1 Å². The zero-order chi connectivity index (χ0) is 59.3. The van der Waals surface area contributed by atoms with Crippen molar-refractivity contribution in [3.8, 4) is 11.5 Å². The first-order valence-corrected chi connectivity index (χ1v) is 30.5. The van der Waals surface area contributed by atoms with Gasteiger partial charge in [-0.2, -0.15) is 0 Å². The molecule has 9 rings (SSSR count). The van der Waals surface area contributed by atoms with E-state index in [2.05, 4.69) is 0 Å². The van der Waals surface area contributed by atoms with Gasteiger partial charge in [0, 0.05) is 63.9 Å². The fourth-order valence-corrected chi connectivity index (χ4v) is 15.7. The maximum Gasteiger partial charge on any atom is 0.312 e. The van der Waals surface area contributed by atoms with Gasteiger partial charge in [-0.15, -0.1) is 35.3 Å². The van der Waals surface area contributed by atoms with Crippen molar-refractivity contribution in [2.75, 3.05) is 37.2 Å². The van der Waals surface area contributed by atoms with Crippen molar-refractivity contribution in [2.24, 2.45) is 32.7 Å². The first-order valence-electron chi connectivity index (χ1n) is 27.5. The van der Waals surface area contributed by atoms with Crippen LogP contribution in [0.4, 0.5) is 21.5 Å². The van der Waals surface area contributed by atoms with Crippen LogP contribution in [-0.4, -0.2) is 91.2 Å². The van der Waals surface area contributed by atoms with Gasteiger partial charge in [-0.3, -0.25) is 49.6 Å². The highest BCUT2D eigenvalue weighted by molar-refractivity contribution is 8.14. The second kappa shape index (κ2) is 26.5. The molecule has 0 spiro atoms. The van der Waals surface area contributed by atoms with Crippen LogP contribution in [0.15, 0.2) is 69.6 Å². The number of nitrogens with two attached hydrogens (primary N) is 1. The first kappa shape index (κ1) is 65.4. The topological polar surface area (TPSA) is 247 Å². The number of non-ortho nitro benzene ring substituents is 2. The predicted octanol–water partition coefficient (Wildman–Crippen LogP) is 13.9. The molecule has 6 aliphatic rings. The first-order chi connectivity index (χ1) is 38.0. The van der Waals surface area contributed by atoms with Crippen LogP contribution < -0.4 is 15.2 Å². The summed E-state index contributed by atoms with van der Waals surface area (Å²) in [7, 11) is 3.24. The highest BCUT2D eigenvalue weighted by Gasteiger charge is 2.51. The van der Waals surface area contributed by atoms with E-state index in [1.165, 1.54) is 30.0 Å². The number of anilines is 1. The van der Waals surface area contributed by atoms with Crippen LogP contribution in [0.3, 0.4) is 0 Å². The molecule has 2 N–H and O–H groups in total. The number of ether oxygens (including phenoxy) is 5. The predicted molar refractivity (Wildman–Crippen MR) is 325 cm³/mol. The molecule has 448 valence electrons. The van der Waals surface area contributed by atoms with Crippen molar-refractivity contribution in [1.82, 2.24) is 0 Å². The van der Waals surface area contributed by atoms with Gasteiger partial charge in [0.15, 0.2) is 0 Å². The summed E-state index contributed by atoms with van der Waals surface area (Å²) in [6.07, 6.45) is 8.73. The van der Waals surface area contributed by atoms with Crippen LogP contribution in [0.25, 0.3) is 0 Å². The molecule has 3 aliphatic carbocycles. The minimum absolute atomic E-state index is 0. The van der Waals surface area contributed by atoms with Crippen LogP contribution in [0.2, 0.25) is 0 Å². The standard InChI is InChI=1S/C20H26N2O5S.C20H28N2O3S.C19H23FN2O4S.CH4/c1-19(2,3)27-18(23)11-17-21-20(9-5-6-13(20)12-28-17)15-10-14(22(24)25)7-8-16(15)26-4;1-19(2,3)25-18(23)11-17-22-20(9-5-6-13(20)12-26-17)15-10-14(21)7-8-16(15)24-4;1-18(2,3)26-17(23)10-16-21-19(8-4-5-12(19)11-27-16)14-9-13(22(24)25)6-7-15(14)20;/h7-8,10,13H,5-6,9,11-12H2,1-4H3;7-8,10,13H,5-6,9,11-12,21H2,1-4H3;6-7,9,12H,4-5,8,10-11H2,1-3H3;1H4/t2*13-,20-;12-,19-;/m000./s1. The van der Waals surface area contributed by atoms with Crippen molar-refractivity contribution in [3.05, 3.63) is 97.3 Å². The van der Waals surface area contributed by atoms with Gasteiger partial charge >= 0.3 is 17.9 Å². The number of nitro groups is 2. The molecule has 6 atom stereocenters. The lowest BCUT2D eigenvalue weighted by molar-refractivity contribution is -0.385. The minimum atomic E-state index is -0.835. The van der Waals surface area contributed by atoms with E-state index in [0.29, 0.717) is 34.6 Å². The molecule has 3 aromatic rings. The normalized spacial score (nSPS) is 24.5. The summed E-state index contributed by atoms with van der Waals surface area (Å²) < 4.78 is 42.1. The molecular formula is C60H81FN6O12S3. The molecule has 0 amide bonds. The second-order valence-corrected chi connectivity index (χ2v) is 27.6. The molecule has 0 aromatic heterocycles. The average Bonchev–Trinajstić information content (AvgIpc) is 4.33. The number of benzene rings is 3. The van der Waals surface area contributed by atoms with Crippen molar-refractivity contribution in [1.29, 1.82) is 0 Å². The second-order valence-electron chi connectivity index (χ2n) is 24.3. The molecule has 0 bridgehead atoms. The van der Waals surface area contributed by atoms with E-state index in [1.807, 2.05) is 59.7 Å². The Hall–Kier alpha value is -5.74. The number of methoxy groups -OCH3 is 2. The Morgan fingerprint density at radius 3 is 1.26 bits per heavy atom. The van der Waals surface area contributed by atoms with E-state index < -0.39 is 43.5 Å². The third-order valence-electron chi connectivity index (χ3n) is 15.0. The fourth-order valence-electron chi connectivity index (χ4n) is 11.8. The zero-order valence-corrected chi connectivity index (χ0v) is 50.8. The number of hydrogen-bond donors (Lipinski definition) is 1. The number of hydrogen-bond acceptors (Lipinski definition) is 19. The van der Waals surface area contributed by atoms with E-state index in [-0.39, 0.29) is 78.9 Å². The Bertz CT molecular complexity index is 2970. The van der Waals surface area contributed by atoms with Gasteiger partial charge in [0.1, 0.15) is 34.1 Å². The number of rotatable bonds is 13. The summed E-state index contributed by atoms with van der Waals surface area (Å²) in [6.45, 7) is 16.6. The van der Waals surface area contributed by atoms with E-state index >= 15 is 0 Å². The SMILES string of the molecule is C.CC(C)(C)OC(=O)CC1=N[C@@]2(c3cc([N+](=O)[O-])ccc3F)CCC[C@H]2CS1.COc1ccc(N)cc1[C@]12CCC[C@H]1CSC(CC(=O)OC(C)(C)C)=N2.COc1ccc([N+](=O)[O-])cc1[C@]12CCC[C@H]1CSC(CC(=O)OC(C)(C)C)=N2. The van der Waals surface area contributed by atoms with Gasteiger partial charge in [-0.1, -0.05) is 26.7 Å². The van der Waals surface area contributed by atoms with Crippen LogP contribution in [0.1, 0.15) is 163 Å². The van der Waals surface area contributed by atoms with Gasteiger partial charge in [0.25, 0.3) is 11.4 Å². The summed E-state index contributed by atoms with van der Waals surface area (Å²) in [5.74, 6) is 3.31. The monoisotopic (exact) mass is 1190 g/mol. The highest BCUT2D eigenvalue weighted by Crippen LogP contribution is 2.56. The van der Waals surface area contributed by atoms with Crippen LogP contribution >= 0.6 is 35.3 Å². The third-order valence-corrected chi connectivity index (χ3v) is 18.4. The van der Waals surface area contributed by atoms with Gasteiger partial charge in [-0.25, -0.2) is 4.39 Å². The van der Waals surface area contributed by atoms with Crippen LogP contribution in [0, 0.1) is 43.8 Å². The number of carbonyl (C=O) groups is 3. The molecule has 18 nitrogen and oxygen atoms in total. The van der Waals surface area contributed by atoms with E-state index in [9.17, 15) is 39.0 Å². The molecular weight excluding hydrogens is 1110 g/mol. The molecule has 82 heavy (non-hydrogen) atoms. The number of thioether (sulfide) groups is 3. The van der Waals surface area contributed by atoms with E-state index in [0.717, 1.165) is 95.9 Å². The Kier molecular flexibility index (Phi) is 21.1.